The number of nitrogens with one attached hydrogen (secondary N) is 1. The number of aryl methyl sites for hydroxylation is 1. The van der Waals surface area contributed by atoms with Gasteiger partial charge in [-0.3, -0.25) is 0 Å². The van der Waals surface area contributed by atoms with Gasteiger partial charge in [-0.1, -0.05) is 13.8 Å². The van der Waals surface area contributed by atoms with Crippen LogP contribution in [0.15, 0.2) is 12.4 Å². The van der Waals surface area contributed by atoms with Crippen LogP contribution in [-0.4, -0.2) is 21.6 Å². The number of nitrogens with zero attached hydrogens (tertiary/aromatic N) is 2. The third-order valence-corrected chi connectivity index (χ3v) is 4.93. The van der Waals surface area contributed by atoms with Gasteiger partial charge in [-0.25, -0.2) is 4.98 Å². The van der Waals surface area contributed by atoms with E-state index in [-0.39, 0.29) is 5.54 Å². The number of rotatable bonds is 4. The minimum atomic E-state index is 0.209. The van der Waals surface area contributed by atoms with E-state index in [0.29, 0.717) is 5.41 Å². The standard InChI is InChI=1S/C18H33N3/c1-17(2,3)20-13-14-7-8-18(4,5)12-15(14)11-16-19-9-10-21(16)6/h9-10,14-15,20H,7-8,11-13H2,1-6H3. The Morgan fingerprint density at radius 3 is 2.62 bits per heavy atom. The first kappa shape index (κ1) is 16.5. The SMILES string of the molecule is Cn1ccnc1CC1CC(C)(C)CCC1CNC(C)(C)C. The molecule has 1 aromatic heterocycles. The second-order valence-corrected chi connectivity index (χ2v) is 8.72. The minimum absolute atomic E-state index is 0.209. The van der Waals surface area contributed by atoms with Crippen LogP contribution in [0, 0.1) is 17.3 Å². The highest BCUT2D eigenvalue weighted by atomic mass is 15.0. The van der Waals surface area contributed by atoms with Gasteiger partial charge in [0.05, 0.1) is 0 Å². The van der Waals surface area contributed by atoms with E-state index >= 15 is 0 Å². The highest BCUT2D eigenvalue weighted by Crippen LogP contribution is 2.42. The first-order chi connectivity index (χ1) is 9.66. The number of imidazole rings is 1. The second kappa shape index (κ2) is 6.12. The van der Waals surface area contributed by atoms with Crippen molar-refractivity contribution in [2.24, 2.45) is 24.3 Å². The number of hydrogen-bond acceptors (Lipinski definition) is 2. The van der Waals surface area contributed by atoms with E-state index in [2.05, 4.69) is 62.7 Å². The summed E-state index contributed by atoms with van der Waals surface area (Å²) in [6.45, 7) is 12.8. The number of aromatic nitrogens is 2. The molecule has 0 saturated heterocycles. The van der Waals surface area contributed by atoms with Gasteiger partial charge in [-0.15, -0.1) is 0 Å². The van der Waals surface area contributed by atoms with E-state index in [0.717, 1.165) is 24.8 Å². The summed E-state index contributed by atoms with van der Waals surface area (Å²) in [6, 6.07) is 0. The predicted molar refractivity (Wildman–Crippen MR) is 89.3 cm³/mol. The van der Waals surface area contributed by atoms with Crippen LogP contribution in [0.1, 0.15) is 59.7 Å². The maximum absolute atomic E-state index is 4.54. The van der Waals surface area contributed by atoms with Gasteiger partial charge < -0.3 is 9.88 Å². The van der Waals surface area contributed by atoms with Crippen LogP contribution in [0.3, 0.4) is 0 Å². The Balaban J connectivity index is 2.05. The molecule has 1 aliphatic carbocycles. The summed E-state index contributed by atoms with van der Waals surface area (Å²) in [7, 11) is 2.11. The van der Waals surface area contributed by atoms with E-state index in [4.69, 9.17) is 0 Å². The van der Waals surface area contributed by atoms with Crippen molar-refractivity contribution >= 4 is 0 Å². The van der Waals surface area contributed by atoms with E-state index in [1.54, 1.807) is 0 Å². The molecule has 2 rings (SSSR count). The van der Waals surface area contributed by atoms with E-state index < -0.39 is 0 Å². The van der Waals surface area contributed by atoms with E-state index in [9.17, 15) is 0 Å². The molecular weight excluding hydrogens is 258 g/mol. The highest BCUT2D eigenvalue weighted by molar-refractivity contribution is 4.97. The zero-order chi connectivity index (χ0) is 15.7. The zero-order valence-corrected chi connectivity index (χ0v) is 14.7. The van der Waals surface area contributed by atoms with Crippen LogP contribution < -0.4 is 5.32 Å². The lowest BCUT2D eigenvalue weighted by Crippen LogP contribution is -2.43. The Bertz CT molecular complexity index is 453. The molecule has 3 nitrogen and oxygen atoms in total. The van der Waals surface area contributed by atoms with Gasteiger partial charge in [0.1, 0.15) is 5.82 Å². The summed E-state index contributed by atoms with van der Waals surface area (Å²) in [5.74, 6) is 2.75. The monoisotopic (exact) mass is 291 g/mol. The fourth-order valence-corrected chi connectivity index (χ4v) is 3.56. The Morgan fingerprint density at radius 1 is 1.33 bits per heavy atom. The van der Waals surface area contributed by atoms with Gasteiger partial charge >= 0.3 is 0 Å². The van der Waals surface area contributed by atoms with Gasteiger partial charge in [0.15, 0.2) is 0 Å². The average molecular weight is 291 g/mol. The lowest BCUT2D eigenvalue weighted by Gasteiger charge is -2.42. The molecule has 2 atom stereocenters. The van der Waals surface area contributed by atoms with Crippen molar-refractivity contribution in [3.8, 4) is 0 Å². The zero-order valence-electron chi connectivity index (χ0n) is 14.7. The smallest absolute Gasteiger partial charge is 0.108 e. The Kier molecular flexibility index (Phi) is 4.82. The van der Waals surface area contributed by atoms with Crippen LogP contribution in [0.25, 0.3) is 0 Å². The maximum Gasteiger partial charge on any atom is 0.108 e. The molecule has 0 aromatic carbocycles. The Labute approximate surface area is 130 Å². The topological polar surface area (TPSA) is 29.9 Å². The van der Waals surface area contributed by atoms with Crippen molar-refractivity contribution < 1.29 is 0 Å². The lowest BCUT2D eigenvalue weighted by molar-refractivity contribution is 0.109. The van der Waals surface area contributed by atoms with Crippen LogP contribution in [0.2, 0.25) is 0 Å². The fraction of sp³-hybridized carbons (Fsp3) is 0.833. The van der Waals surface area contributed by atoms with Crippen molar-refractivity contribution in [1.82, 2.24) is 14.9 Å². The second-order valence-electron chi connectivity index (χ2n) is 8.72. The molecule has 1 aliphatic rings. The Morgan fingerprint density at radius 2 is 2.05 bits per heavy atom. The van der Waals surface area contributed by atoms with Crippen molar-refractivity contribution in [2.75, 3.05) is 6.54 Å². The molecule has 0 radical (unpaired) electrons. The van der Waals surface area contributed by atoms with E-state index in [1.165, 1.54) is 25.1 Å². The molecule has 2 unspecified atom stereocenters. The summed E-state index contributed by atoms with van der Waals surface area (Å²) in [4.78, 5) is 4.54. The van der Waals surface area contributed by atoms with Gasteiger partial charge in [-0.05, 0) is 63.8 Å². The quantitative estimate of drug-likeness (QED) is 0.914. The van der Waals surface area contributed by atoms with Crippen molar-refractivity contribution in [1.29, 1.82) is 0 Å². The van der Waals surface area contributed by atoms with Gasteiger partial charge in [0.25, 0.3) is 0 Å². The largest absolute Gasteiger partial charge is 0.338 e. The predicted octanol–water partition coefficient (Wildman–Crippen LogP) is 3.79. The molecule has 1 aromatic rings. The fourth-order valence-electron chi connectivity index (χ4n) is 3.56. The van der Waals surface area contributed by atoms with Crippen LogP contribution >= 0.6 is 0 Å². The summed E-state index contributed by atoms with van der Waals surface area (Å²) in [5, 5.41) is 3.72. The van der Waals surface area contributed by atoms with Gasteiger partial charge in [0.2, 0.25) is 0 Å². The third-order valence-electron chi connectivity index (χ3n) is 4.93. The average Bonchev–Trinajstić information content (AvgIpc) is 2.72. The molecule has 1 saturated carbocycles. The molecular formula is C18H33N3. The molecule has 1 heterocycles. The Hall–Kier alpha value is -0.830. The first-order valence-electron chi connectivity index (χ1n) is 8.37. The lowest BCUT2D eigenvalue weighted by atomic mass is 9.66. The number of hydrogen-bond donors (Lipinski definition) is 1. The molecule has 1 N–H and O–H groups in total. The minimum Gasteiger partial charge on any atom is -0.338 e. The van der Waals surface area contributed by atoms with Crippen LogP contribution in [-0.2, 0) is 13.5 Å². The first-order valence-corrected chi connectivity index (χ1v) is 8.37. The van der Waals surface area contributed by atoms with Crippen molar-refractivity contribution in [3.63, 3.8) is 0 Å². The van der Waals surface area contributed by atoms with Crippen LogP contribution in [0.5, 0.6) is 0 Å². The molecule has 0 aliphatic heterocycles. The summed E-state index contributed by atoms with van der Waals surface area (Å²) in [6.07, 6.45) is 9.10. The molecule has 21 heavy (non-hydrogen) atoms. The molecule has 0 bridgehead atoms. The summed E-state index contributed by atoms with van der Waals surface area (Å²) >= 11 is 0. The van der Waals surface area contributed by atoms with E-state index in [1.807, 2.05) is 6.20 Å². The van der Waals surface area contributed by atoms with Crippen molar-refractivity contribution in [3.05, 3.63) is 18.2 Å². The highest BCUT2D eigenvalue weighted by Gasteiger charge is 2.35. The van der Waals surface area contributed by atoms with Crippen LogP contribution in [0.4, 0.5) is 0 Å². The maximum atomic E-state index is 4.54. The van der Waals surface area contributed by atoms with Gasteiger partial charge in [0, 0.05) is 31.4 Å². The summed E-state index contributed by atoms with van der Waals surface area (Å²) in [5.41, 5.74) is 0.689. The normalized spacial score (nSPS) is 26.0. The molecule has 120 valence electrons. The summed E-state index contributed by atoms with van der Waals surface area (Å²) < 4.78 is 2.18. The molecule has 0 amide bonds. The third kappa shape index (κ3) is 4.84. The van der Waals surface area contributed by atoms with Gasteiger partial charge in [-0.2, -0.15) is 0 Å². The molecule has 0 spiro atoms. The van der Waals surface area contributed by atoms with Crippen molar-refractivity contribution in [2.45, 2.75) is 65.8 Å². The molecule has 1 fully saturated rings. The molecule has 3 heteroatoms.